The second-order valence-electron chi connectivity index (χ2n) is 7.60. The van der Waals surface area contributed by atoms with Crippen molar-refractivity contribution in [1.82, 2.24) is 4.98 Å². The molecular formula is C20H22FN3O6S2. The van der Waals surface area contributed by atoms with Crippen LogP contribution in [0, 0.1) is 5.82 Å². The van der Waals surface area contributed by atoms with E-state index in [0.717, 1.165) is 5.82 Å². The molecule has 0 spiro atoms. The van der Waals surface area contributed by atoms with Gasteiger partial charge in [-0.25, -0.2) is 14.2 Å². The van der Waals surface area contributed by atoms with E-state index in [9.17, 15) is 22.2 Å². The van der Waals surface area contributed by atoms with Gasteiger partial charge in [0.1, 0.15) is 29.2 Å². The number of halogens is 1. The number of carbonyl (C=O) groups is 1. The molecule has 12 heteroatoms. The van der Waals surface area contributed by atoms with Gasteiger partial charge in [-0.2, -0.15) is 8.42 Å². The van der Waals surface area contributed by atoms with E-state index >= 15 is 0 Å². The average molecular weight is 484 g/mol. The molecule has 1 aromatic heterocycles. The van der Waals surface area contributed by atoms with E-state index in [2.05, 4.69) is 4.98 Å². The zero-order chi connectivity index (χ0) is 22.9. The molecule has 1 atom stereocenters. The Morgan fingerprint density at radius 1 is 1.25 bits per heavy atom. The van der Waals surface area contributed by atoms with Gasteiger partial charge < -0.3 is 14.2 Å². The molecule has 2 aliphatic heterocycles. The Kier molecular flexibility index (Phi) is 6.56. The average Bonchev–Trinajstić information content (AvgIpc) is 3.13. The minimum Gasteiger partial charge on any atom is -0.616 e. The zero-order valence-corrected chi connectivity index (χ0v) is 18.6. The quantitative estimate of drug-likeness (QED) is 0.489. The molecule has 2 aromatic rings. The molecule has 2 saturated heterocycles. The van der Waals surface area contributed by atoms with Crippen LogP contribution in [0.3, 0.4) is 0 Å². The number of aromatic nitrogens is 1. The van der Waals surface area contributed by atoms with E-state index in [4.69, 9.17) is 9.29 Å². The standard InChI is InChI=1S/C20H22FN3O6S2/c21-18-11-15(24-13-16(30-20(24)25)5-10-32(27,28)29)2-3-17(18)14-1-4-19(22-12-14)23-6-8-31(26)9-7-23/h1-4,11-12,16H,5-10,13H2,(H,27,28,29). The number of nitrogens with zero attached hydrogens (tertiary/aromatic N) is 3. The number of hydrogen-bond donors (Lipinski definition) is 1. The van der Waals surface area contributed by atoms with Crippen LogP contribution in [-0.2, 0) is 26.0 Å². The molecule has 3 heterocycles. The lowest BCUT2D eigenvalue weighted by Crippen LogP contribution is -2.40. The molecule has 1 aromatic carbocycles. The highest BCUT2D eigenvalue weighted by atomic mass is 32.2. The van der Waals surface area contributed by atoms with Crippen molar-refractivity contribution in [3.05, 3.63) is 42.3 Å². The molecule has 0 aliphatic carbocycles. The largest absolute Gasteiger partial charge is 0.616 e. The van der Waals surface area contributed by atoms with Crippen LogP contribution in [0.1, 0.15) is 6.42 Å². The first-order valence-electron chi connectivity index (χ1n) is 9.99. The molecule has 0 bridgehead atoms. The summed E-state index contributed by atoms with van der Waals surface area (Å²) in [4.78, 5) is 19.8. The summed E-state index contributed by atoms with van der Waals surface area (Å²) >= 11 is -0.780. The van der Waals surface area contributed by atoms with Crippen LogP contribution in [0.25, 0.3) is 11.1 Å². The SMILES string of the molecule is O=C1OC(CCS(=O)(=O)O)CN1c1ccc(-c2ccc(N3CC[S+]([O-])CC3)nc2)c(F)c1. The summed E-state index contributed by atoms with van der Waals surface area (Å²) in [6.45, 7) is 1.39. The first-order chi connectivity index (χ1) is 15.2. The molecule has 32 heavy (non-hydrogen) atoms. The van der Waals surface area contributed by atoms with Crippen molar-refractivity contribution in [1.29, 1.82) is 0 Å². The highest BCUT2D eigenvalue weighted by Crippen LogP contribution is 2.30. The fraction of sp³-hybridized carbons (Fsp3) is 0.400. The van der Waals surface area contributed by atoms with Crippen LogP contribution in [-0.4, -0.2) is 71.6 Å². The van der Waals surface area contributed by atoms with Gasteiger partial charge in [0.2, 0.25) is 0 Å². The summed E-state index contributed by atoms with van der Waals surface area (Å²) < 4.78 is 62.1. The summed E-state index contributed by atoms with van der Waals surface area (Å²) in [6, 6.07) is 7.91. The van der Waals surface area contributed by atoms with E-state index in [1.807, 2.05) is 4.90 Å². The Morgan fingerprint density at radius 2 is 2.00 bits per heavy atom. The molecule has 9 nitrogen and oxygen atoms in total. The third-order valence-corrected chi connectivity index (χ3v) is 7.42. The Hall–Kier alpha value is -2.41. The number of cyclic esters (lactones) is 1. The van der Waals surface area contributed by atoms with Crippen LogP contribution in [0.2, 0.25) is 0 Å². The van der Waals surface area contributed by atoms with Crippen LogP contribution in [0.15, 0.2) is 36.5 Å². The number of pyridine rings is 1. The molecule has 4 rings (SSSR count). The molecule has 1 unspecified atom stereocenters. The highest BCUT2D eigenvalue weighted by molar-refractivity contribution is 7.91. The van der Waals surface area contributed by atoms with Crippen molar-refractivity contribution in [2.45, 2.75) is 12.5 Å². The Morgan fingerprint density at radius 3 is 2.62 bits per heavy atom. The van der Waals surface area contributed by atoms with Gasteiger partial charge >= 0.3 is 6.09 Å². The molecule has 1 amide bonds. The van der Waals surface area contributed by atoms with Crippen LogP contribution >= 0.6 is 0 Å². The Balaban J connectivity index is 1.45. The number of hydrogen-bond acceptors (Lipinski definition) is 7. The van der Waals surface area contributed by atoms with Crippen molar-refractivity contribution in [3.8, 4) is 11.1 Å². The minimum absolute atomic E-state index is 0.0490. The smallest absolute Gasteiger partial charge is 0.414 e. The number of amides is 1. The fourth-order valence-electron chi connectivity index (χ4n) is 3.67. The summed E-state index contributed by atoms with van der Waals surface area (Å²) in [5.41, 5.74) is 1.19. The van der Waals surface area contributed by atoms with Gasteiger partial charge in [-0.1, -0.05) is 11.2 Å². The van der Waals surface area contributed by atoms with Gasteiger partial charge in [-0.3, -0.25) is 9.45 Å². The van der Waals surface area contributed by atoms with Crippen molar-refractivity contribution >= 4 is 38.9 Å². The van der Waals surface area contributed by atoms with E-state index in [-0.39, 0.29) is 18.7 Å². The summed E-state index contributed by atoms with van der Waals surface area (Å²) in [5, 5.41) is 0. The number of ether oxygens (including phenoxy) is 1. The van der Waals surface area contributed by atoms with Crippen LogP contribution < -0.4 is 9.80 Å². The zero-order valence-electron chi connectivity index (χ0n) is 17.0. The lowest BCUT2D eigenvalue weighted by Gasteiger charge is -2.29. The predicted molar refractivity (Wildman–Crippen MR) is 118 cm³/mol. The Labute approximate surface area is 188 Å². The van der Waals surface area contributed by atoms with Gasteiger partial charge in [-0.15, -0.1) is 0 Å². The predicted octanol–water partition coefficient (Wildman–Crippen LogP) is 2.06. The number of carbonyl (C=O) groups excluding carboxylic acids is 1. The van der Waals surface area contributed by atoms with E-state index < -0.39 is 45.1 Å². The number of rotatable bonds is 6. The van der Waals surface area contributed by atoms with Gasteiger partial charge in [0.15, 0.2) is 0 Å². The van der Waals surface area contributed by atoms with E-state index in [1.165, 1.54) is 11.0 Å². The van der Waals surface area contributed by atoms with Gasteiger partial charge in [0, 0.05) is 23.7 Å². The number of benzene rings is 1. The molecule has 0 saturated carbocycles. The normalized spacial score (nSPS) is 20.0. The first kappa shape index (κ1) is 22.8. The van der Waals surface area contributed by atoms with E-state index in [1.54, 1.807) is 30.5 Å². The third-order valence-electron chi connectivity index (χ3n) is 5.40. The Bertz CT molecular complexity index is 1090. The lowest BCUT2D eigenvalue weighted by atomic mass is 10.1. The maximum absolute atomic E-state index is 14.9. The summed E-state index contributed by atoms with van der Waals surface area (Å²) in [5.74, 6) is 0.895. The summed E-state index contributed by atoms with van der Waals surface area (Å²) in [7, 11) is -4.16. The van der Waals surface area contributed by atoms with Crippen molar-refractivity contribution < 1.29 is 31.4 Å². The first-order valence-corrected chi connectivity index (χ1v) is 13.1. The van der Waals surface area contributed by atoms with Crippen LogP contribution in [0.4, 0.5) is 20.7 Å². The minimum atomic E-state index is -4.16. The van der Waals surface area contributed by atoms with Crippen molar-refractivity contribution in [3.63, 3.8) is 0 Å². The molecule has 1 N–H and O–H groups in total. The number of anilines is 2. The lowest BCUT2D eigenvalue weighted by molar-refractivity contribution is 0.139. The van der Waals surface area contributed by atoms with E-state index in [0.29, 0.717) is 35.7 Å². The van der Waals surface area contributed by atoms with Crippen LogP contribution in [0.5, 0.6) is 0 Å². The molecule has 2 aliphatic rings. The van der Waals surface area contributed by atoms with Gasteiger partial charge in [-0.05, 0) is 30.3 Å². The van der Waals surface area contributed by atoms with Gasteiger partial charge in [0.25, 0.3) is 10.1 Å². The summed E-state index contributed by atoms with van der Waals surface area (Å²) in [6.07, 6.45) is 0.114. The maximum Gasteiger partial charge on any atom is 0.414 e. The monoisotopic (exact) mass is 483 g/mol. The molecular weight excluding hydrogens is 461 g/mol. The molecule has 172 valence electrons. The van der Waals surface area contributed by atoms with Gasteiger partial charge in [0.05, 0.1) is 31.1 Å². The molecule has 2 fully saturated rings. The molecule has 0 radical (unpaired) electrons. The van der Waals surface area contributed by atoms with Crippen molar-refractivity contribution in [2.75, 3.05) is 46.7 Å². The topological polar surface area (TPSA) is 123 Å². The maximum atomic E-state index is 14.9. The van der Waals surface area contributed by atoms with Crippen molar-refractivity contribution in [2.24, 2.45) is 0 Å². The third kappa shape index (κ3) is 5.31. The highest BCUT2D eigenvalue weighted by Gasteiger charge is 2.33. The second kappa shape index (κ2) is 9.22. The fourth-order valence-corrected chi connectivity index (χ4v) is 5.28. The second-order valence-corrected chi connectivity index (χ2v) is 10.9.